The third-order valence-corrected chi connectivity index (χ3v) is 5.10. The van der Waals surface area contributed by atoms with Gasteiger partial charge in [-0.25, -0.2) is 4.98 Å². The number of ether oxygens (including phenoxy) is 1. The van der Waals surface area contributed by atoms with E-state index < -0.39 is 0 Å². The Balaban J connectivity index is 1.57. The second-order valence-corrected chi connectivity index (χ2v) is 6.45. The molecule has 1 aliphatic heterocycles. The van der Waals surface area contributed by atoms with Gasteiger partial charge in [0.25, 0.3) is 0 Å². The summed E-state index contributed by atoms with van der Waals surface area (Å²) in [4.78, 5) is 18.7. The fourth-order valence-corrected chi connectivity index (χ4v) is 3.53. The molecule has 5 heteroatoms. The molecule has 0 bridgehead atoms. The molecule has 2 heterocycles. The Bertz CT molecular complexity index is 597. The zero-order valence-electron chi connectivity index (χ0n) is 12.4. The van der Waals surface area contributed by atoms with Crippen LogP contribution in [0.5, 0.6) is 0 Å². The first-order valence-electron chi connectivity index (χ1n) is 7.52. The van der Waals surface area contributed by atoms with Gasteiger partial charge in [0.15, 0.2) is 5.13 Å². The normalized spacial score (nSPS) is 15.5. The van der Waals surface area contributed by atoms with Crippen LogP contribution in [0.15, 0.2) is 24.3 Å². The van der Waals surface area contributed by atoms with Gasteiger partial charge >= 0.3 is 5.97 Å². The van der Waals surface area contributed by atoms with Crippen LogP contribution in [0, 0.1) is 5.92 Å². The van der Waals surface area contributed by atoms with Crippen molar-refractivity contribution in [2.75, 3.05) is 18.0 Å². The molecule has 1 aromatic carbocycles. The van der Waals surface area contributed by atoms with Crippen molar-refractivity contribution in [3.05, 3.63) is 24.3 Å². The minimum atomic E-state index is -0.0473. The number of hydrogen-bond acceptors (Lipinski definition) is 5. The molecule has 4 nitrogen and oxygen atoms in total. The minimum Gasteiger partial charge on any atom is -0.458 e. The second kappa shape index (κ2) is 6.02. The Kier molecular flexibility index (Phi) is 4.10. The standard InChI is InChI=1S/C16H20N2O2S/c1-3-11(4-2)15(19)20-12-9-18(10-12)16-17-13-7-5-6-8-14(13)21-16/h5-8,11-12H,3-4,9-10H2,1-2H3. The van der Waals surface area contributed by atoms with Crippen LogP contribution >= 0.6 is 11.3 Å². The van der Waals surface area contributed by atoms with Gasteiger partial charge in [0, 0.05) is 0 Å². The molecule has 0 saturated carbocycles. The Labute approximate surface area is 128 Å². The summed E-state index contributed by atoms with van der Waals surface area (Å²) in [6.07, 6.45) is 1.72. The topological polar surface area (TPSA) is 42.4 Å². The van der Waals surface area contributed by atoms with E-state index in [0.29, 0.717) is 0 Å². The van der Waals surface area contributed by atoms with E-state index in [9.17, 15) is 4.79 Å². The van der Waals surface area contributed by atoms with Crippen LogP contribution in [0.4, 0.5) is 5.13 Å². The molecule has 1 fully saturated rings. The number of thiazole rings is 1. The average molecular weight is 304 g/mol. The molecule has 112 valence electrons. The molecule has 1 saturated heterocycles. The molecule has 0 atom stereocenters. The summed E-state index contributed by atoms with van der Waals surface area (Å²) in [5.74, 6) is -0.00421. The maximum atomic E-state index is 11.9. The lowest BCUT2D eigenvalue weighted by Gasteiger charge is -2.38. The molecule has 1 aliphatic rings. The van der Waals surface area contributed by atoms with Gasteiger partial charge in [-0.15, -0.1) is 0 Å². The number of carbonyl (C=O) groups is 1. The van der Waals surface area contributed by atoms with E-state index in [1.54, 1.807) is 11.3 Å². The molecule has 3 rings (SSSR count). The van der Waals surface area contributed by atoms with E-state index in [-0.39, 0.29) is 18.0 Å². The maximum Gasteiger partial charge on any atom is 0.309 e. The zero-order chi connectivity index (χ0) is 14.8. The number of rotatable bonds is 5. The van der Waals surface area contributed by atoms with Crippen LogP contribution in [0.25, 0.3) is 10.2 Å². The molecular formula is C16H20N2O2S. The van der Waals surface area contributed by atoms with E-state index in [1.165, 1.54) is 4.70 Å². The maximum absolute atomic E-state index is 11.9. The summed E-state index contributed by atoms with van der Waals surface area (Å²) in [5, 5.41) is 1.02. The van der Waals surface area contributed by atoms with Crippen molar-refractivity contribution in [1.82, 2.24) is 4.98 Å². The van der Waals surface area contributed by atoms with Crippen molar-refractivity contribution in [3.63, 3.8) is 0 Å². The van der Waals surface area contributed by atoms with E-state index in [1.807, 2.05) is 32.0 Å². The summed E-state index contributed by atoms with van der Waals surface area (Å²) in [6, 6.07) is 8.14. The highest BCUT2D eigenvalue weighted by Crippen LogP contribution is 2.32. The lowest BCUT2D eigenvalue weighted by atomic mass is 10.0. The fraction of sp³-hybridized carbons (Fsp3) is 0.500. The SMILES string of the molecule is CCC(CC)C(=O)OC1CN(c2nc3ccccc3s2)C1. The Morgan fingerprint density at radius 2 is 2.10 bits per heavy atom. The number of aromatic nitrogens is 1. The number of carbonyl (C=O) groups excluding carboxylic acids is 1. The minimum absolute atomic E-state index is 0.0186. The summed E-state index contributed by atoms with van der Waals surface area (Å²) in [5.41, 5.74) is 1.04. The van der Waals surface area contributed by atoms with Crippen molar-refractivity contribution in [1.29, 1.82) is 0 Å². The molecule has 0 aliphatic carbocycles. The smallest absolute Gasteiger partial charge is 0.309 e. The van der Waals surface area contributed by atoms with Gasteiger partial charge in [-0.05, 0) is 25.0 Å². The van der Waals surface area contributed by atoms with Gasteiger partial charge in [-0.2, -0.15) is 0 Å². The van der Waals surface area contributed by atoms with Crippen LogP contribution in [-0.2, 0) is 9.53 Å². The first-order chi connectivity index (χ1) is 10.2. The van der Waals surface area contributed by atoms with E-state index in [2.05, 4.69) is 16.0 Å². The highest BCUT2D eigenvalue weighted by atomic mass is 32.1. The van der Waals surface area contributed by atoms with Gasteiger partial charge in [0.2, 0.25) is 0 Å². The van der Waals surface area contributed by atoms with Crippen LogP contribution in [0.2, 0.25) is 0 Å². The fourth-order valence-electron chi connectivity index (χ4n) is 2.55. The molecule has 0 unspecified atom stereocenters. The second-order valence-electron chi connectivity index (χ2n) is 5.44. The largest absolute Gasteiger partial charge is 0.458 e. The van der Waals surface area contributed by atoms with E-state index in [0.717, 1.165) is 36.6 Å². The number of anilines is 1. The molecular weight excluding hydrogens is 284 g/mol. The molecule has 0 radical (unpaired) electrons. The summed E-state index contributed by atoms with van der Waals surface area (Å²) in [7, 11) is 0. The molecule has 2 aromatic rings. The van der Waals surface area contributed by atoms with Crippen LogP contribution in [0.3, 0.4) is 0 Å². The highest BCUT2D eigenvalue weighted by molar-refractivity contribution is 7.22. The number of fused-ring (bicyclic) bond motifs is 1. The van der Waals surface area contributed by atoms with Crippen molar-refractivity contribution in [2.45, 2.75) is 32.8 Å². The van der Waals surface area contributed by atoms with Crippen LogP contribution in [0.1, 0.15) is 26.7 Å². The Morgan fingerprint density at radius 3 is 2.76 bits per heavy atom. The van der Waals surface area contributed by atoms with Crippen molar-refractivity contribution in [3.8, 4) is 0 Å². The van der Waals surface area contributed by atoms with Gasteiger partial charge in [-0.1, -0.05) is 37.3 Å². The molecule has 21 heavy (non-hydrogen) atoms. The third-order valence-electron chi connectivity index (χ3n) is 4.00. The number of nitrogens with zero attached hydrogens (tertiary/aromatic N) is 2. The molecule has 0 N–H and O–H groups in total. The predicted octanol–water partition coefficient (Wildman–Crippen LogP) is 3.46. The average Bonchev–Trinajstić information content (AvgIpc) is 2.86. The third kappa shape index (κ3) is 2.88. The lowest BCUT2D eigenvalue weighted by Crippen LogP contribution is -2.53. The van der Waals surface area contributed by atoms with Crippen molar-refractivity contribution in [2.24, 2.45) is 5.92 Å². The monoisotopic (exact) mass is 304 g/mol. The van der Waals surface area contributed by atoms with Crippen LogP contribution in [-0.4, -0.2) is 30.1 Å². The van der Waals surface area contributed by atoms with Gasteiger partial charge in [-0.3, -0.25) is 4.79 Å². The van der Waals surface area contributed by atoms with Crippen molar-refractivity contribution < 1.29 is 9.53 Å². The number of esters is 1. The molecule has 1 aromatic heterocycles. The first-order valence-corrected chi connectivity index (χ1v) is 8.34. The summed E-state index contributed by atoms with van der Waals surface area (Å²) in [6.45, 7) is 5.57. The summed E-state index contributed by atoms with van der Waals surface area (Å²) < 4.78 is 6.75. The van der Waals surface area contributed by atoms with Gasteiger partial charge < -0.3 is 9.64 Å². The lowest BCUT2D eigenvalue weighted by molar-refractivity contribution is -0.155. The number of para-hydroxylation sites is 1. The zero-order valence-corrected chi connectivity index (χ0v) is 13.2. The Morgan fingerprint density at radius 1 is 1.38 bits per heavy atom. The van der Waals surface area contributed by atoms with Crippen LogP contribution < -0.4 is 4.90 Å². The van der Waals surface area contributed by atoms with Gasteiger partial charge in [0.1, 0.15) is 6.10 Å². The predicted molar refractivity (Wildman–Crippen MR) is 85.8 cm³/mol. The highest BCUT2D eigenvalue weighted by Gasteiger charge is 2.33. The molecule has 0 spiro atoms. The van der Waals surface area contributed by atoms with E-state index in [4.69, 9.17) is 4.74 Å². The van der Waals surface area contributed by atoms with Crippen molar-refractivity contribution >= 4 is 32.7 Å². The first kappa shape index (κ1) is 14.3. The van der Waals surface area contributed by atoms with Gasteiger partial charge in [0.05, 0.1) is 29.2 Å². The number of hydrogen-bond donors (Lipinski definition) is 0. The quantitative estimate of drug-likeness (QED) is 0.793. The Hall–Kier alpha value is -1.62. The van der Waals surface area contributed by atoms with E-state index >= 15 is 0 Å². The molecule has 0 amide bonds. The summed E-state index contributed by atoms with van der Waals surface area (Å²) >= 11 is 1.69. The number of benzene rings is 1.